The van der Waals surface area contributed by atoms with E-state index in [1.54, 1.807) is 6.92 Å². The van der Waals surface area contributed by atoms with E-state index in [2.05, 4.69) is 5.32 Å². The molecule has 170 valence electrons. The van der Waals surface area contributed by atoms with E-state index in [1.807, 2.05) is 0 Å². The summed E-state index contributed by atoms with van der Waals surface area (Å²) in [5, 5.41) is 3.02. The minimum Gasteiger partial charge on any atom is -0.495 e. The standard InChI is InChI=1S/C20H25ClN2O7S/c1-7-23(31(6,25)26)15-11-19(30-5)18(29-4)8-12(15)20(24)22-14-10-16(27-2)13(21)9-17(14)28-3/h8-11H,7H2,1-6H3,(H,22,24). The number of halogens is 1. The van der Waals surface area contributed by atoms with Crippen molar-refractivity contribution in [1.82, 2.24) is 0 Å². The van der Waals surface area contributed by atoms with Crippen LogP contribution in [-0.2, 0) is 10.0 Å². The van der Waals surface area contributed by atoms with Crippen molar-refractivity contribution in [3.8, 4) is 23.0 Å². The first-order valence-electron chi connectivity index (χ1n) is 9.07. The normalized spacial score (nSPS) is 10.9. The Labute approximate surface area is 186 Å². The highest BCUT2D eigenvalue weighted by atomic mass is 35.5. The maximum absolute atomic E-state index is 13.2. The molecule has 0 unspecified atom stereocenters. The summed E-state index contributed by atoms with van der Waals surface area (Å²) in [4.78, 5) is 13.2. The summed E-state index contributed by atoms with van der Waals surface area (Å²) >= 11 is 6.12. The molecule has 31 heavy (non-hydrogen) atoms. The number of rotatable bonds is 9. The highest BCUT2D eigenvalue weighted by molar-refractivity contribution is 7.92. The van der Waals surface area contributed by atoms with E-state index in [1.165, 1.54) is 52.7 Å². The van der Waals surface area contributed by atoms with Crippen molar-refractivity contribution in [1.29, 1.82) is 0 Å². The number of nitrogens with one attached hydrogen (secondary N) is 1. The number of carbonyl (C=O) groups is 1. The topological polar surface area (TPSA) is 103 Å². The van der Waals surface area contributed by atoms with Gasteiger partial charge in [-0.2, -0.15) is 0 Å². The third kappa shape index (κ3) is 5.26. The molecule has 1 N–H and O–H groups in total. The number of methoxy groups -OCH3 is 4. The third-order valence-electron chi connectivity index (χ3n) is 4.42. The van der Waals surface area contributed by atoms with Crippen LogP contribution in [0.2, 0.25) is 5.02 Å². The Hall–Kier alpha value is -2.85. The van der Waals surface area contributed by atoms with Gasteiger partial charge in [-0.1, -0.05) is 11.6 Å². The summed E-state index contributed by atoms with van der Waals surface area (Å²) in [7, 11) is 2.03. The van der Waals surface area contributed by atoms with Gasteiger partial charge < -0.3 is 24.3 Å². The largest absolute Gasteiger partial charge is 0.495 e. The first-order valence-corrected chi connectivity index (χ1v) is 11.3. The smallest absolute Gasteiger partial charge is 0.258 e. The predicted molar refractivity (Wildman–Crippen MR) is 120 cm³/mol. The molecule has 0 aliphatic carbocycles. The van der Waals surface area contributed by atoms with Gasteiger partial charge in [-0.05, 0) is 13.0 Å². The molecule has 1 amide bonds. The molecule has 2 rings (SSSR count). The lowest BCUT2D eigenvalue weighted by atomic mass is 10.1. The van der Waals surface area contributed by atoms with Crippen LogP contribution < -0.4 is 28.6 Å². The SMILES string of the molecule is CCN(c1cc(OC)c(OC)cc1C(=O)Nc1cc(OC)c(Cl)cc1OC)S(C)(=O)=O. The molecule has 0 saturated heterocycles. The van der Waals surface area contributed by atoms with E-state index in [0.29, 0.717) is 16.5 Å². The van der Waals surface area contributed by atoms with Crippen LogP contribution in [0.25, 0.3) is 0 Å². The molecule has 0 bridgehead atoms. The van der Waals surface area contributed by atoms with E-state index in [-0.39, 0.29) is 35.0 Å². The lowest BCUT2D eigenvalue weighted by Crippen LogP contribution is -2.31. The number of carbonyl (C=O) groups excluding carboxylic acids is 1. The average molecular weight is 473 g/mol. The zero-order chi connectivity index (χ0) is 23.3. The lowest BCUT2D eigenvalue weighted by molar-refractivity contribution is 0.102. The molecular formula is C20H25ClN2O7S. The Morgan fingerprint density at radius 3 is 1.97 bits per heavy atom. The molecule has 0 aliphatic heterocycles. The number of amides is 1. The number of nitrogens with zero attached hydrogens (tertiary/aromatic N) is 1. The Morgan fingerprint density at radius 2 is 1.48 bits per heavy atom. The highest BCUT2D eigenvalue weighted by Gasteiger charge is 2.26. The molecule has 0 radical (unpaired) electrons. The van der Waals surface area contributed by atoms with Crippen molar-refractivity contribution in [2.24, 2.45) is 0 Å². The first kappa shape index (κ1) is 24.4. The van der Waals surface area contributed by atoms with Crippen molar-refractivity contribution in [2.45, 2.75) is 6.92 Å². The van der Waals surface area contributed by atoms with Gasteiger partial charge >= 0.3 is 0 Å². The second-order valence-corrected chi connectivity index (χ2v) is 8.61. The third-order valence-corrected chi connectivity index (χ3v) is 5.98. The fourth-order valence-corrected chi connectivity index (χ4v) is 4.20. The summed E-state index contributed by atoms with van der Waals surface area (Å²) in [6.45, 7) is 1.76. The van der Waals surface area contributed by atoms with Crippen molar-refractivity contribution in [3.63, 3.8) is 0 Å². The fourth-order valence-electron chi connectivity index (χ4n) is 2.99. The molecule has 2 aromatic carbocycles. The van der Waals surface area contributed by atoms with Crippen LogP contribution in [-0.4, -0.2) is 55.6 Å². The Balaban J connectivity index is 2.65. The minimum absolute atomic E-state index is 0.0564. The van der Waals surface area contributed by atoms with Crippen molar-refractivity contribution in [2.75, 3.05) is 50.9 Å². The molecule has 0 atom stereocenters. The molecular weight excluding hydrogens is 448 g/mol. The zero-order valence-corrected chi connectivity index (χ0v) is 19.7. The first-order chi connectivity index (χ1) is 14.6. The van der Waals surface area contributed by atoms with Crippen LogP contribution in [0, 0.1) is 0 Å². The van der Waals surface area contributed by atoms with E-state index >= 15 is 0 Å². The number of hydrogen-bond acceptors (Lipinski definition) is 7. The van der Waals surface area contributed by atoms with E-state index in [0.717, 1.165) is 10.6 Å². The van der Waals surface area contributed by atoms with Crippen molar-refractivity contribution < 1.29 is 32.2 Å². The van der Waals surface area contributed by atoms with Crippen molar-refractivity contribution in [3.05, 3.63) is 34.9 Å². The second-order valence-electron chi connectivity index (χ2n) is 6.29. The molecule has 0 aliphatic rings. The number of sulfonamides is 1. The quantitative estimate of drug-likeness (QED) is 0.596. The van der Waals surface area contributed by atoms with Crippen LogP contribution in [0.15, 0.2) is 24.3 Å². The molecule has 2 aromatic rings. The van der Waals surface area contributed by atoms with Crippen LogP contribution >= 0.6 is 11.6 Å². The summed E-state index contributed by atoms with van der Waals surface area (Å²) in [5.41, 5.74) is 0.484. The zero-order valence-electron chi connectivity index (χ0n) is 18.1. The number of ether oxygens (including phenoxy) is 4. The molecule has 0 spiro atoms. The van der Waals surface area contributed by atoms with Gasteiger partial charge in [-0.15, -0.1) is 0 Å². The number of benzene rings is 2. The maximum Gasteiger partial charge on any atom is 0.258 e. The molecule has 0 heterocycles. The number of anilines is 2. The fraction of sp³-hybridized carbons (Fsp3) is 0.350. The summed E-state index contributed by atoms with van der Waals surface area (Å²) < 4.78 is 46.9. The summed E-state index contributed by atoms with van der Waals surface area (Å²) in [6, 6.07) is 5.86. The van der Waals surface area contributed by atoms with E-state index in [9.17, 15) is 13.2 Å². The van der Waals surface area contributed by atoms with Crippen LogP contribution in [0.5, 0.6) is 23.0 Å². The van der Waals surface area contributed by atoms with Gasteiger partial charge in [0.25, 0.3) is 5.91 Å². The molecule has 9 nitrogen and oxygen atoms in total. The Bertz CT molecular complexity index is 1070. The molecule has 0 aromatic heterocycles. The molecule has 0 fully saturated rings. The minimum atomic E-state index is -3.68. The second kappa shape index (κ2) is 9.97. The van der Waals surface area contributed by atoms with Gasteiger partial charge in [0.05, 0.1) is 56.7 Å². The van der Waals surface area contributed by atoms with Gasteiger partial charge in [0.2, 0.25) is 10.0 Å². The van der Waals surface area contributed by atoms with E-state index in [4.69, 9.17) is 30.5 Å². The lowest BCUT2D eigenvalue weighted by Gasteiger charge is -2.24. The molecule has 11 heteroatoms. The van der Waals surface area contributed by atoms with Gasteiger partial charge in [0.1, 0.15) is 11.5 Å². The number of hydrogen-bond donors (Lipinski definition) is 1. The summed E-state index contributed by atoms with van der Waals surface area (Å²) in [6.07, 6.45) is 1.06. The highest BCUT2D eigenvalue weighted by Crippen LogP contribution is 2.39. The van der Waals surface area contributed by atoms with Gasteiger partial charge in [0.15, 0.2) is 11.5 Å². The van der Waals surface area contributed by atoms with E-state index < -0.39 is 15.9 Å². The Morgan fingerprint density at radius 1 is 0.935 bits per heavy atom. The van der Waals surface area contributed by atoms with Crippen LogP contribution in [0.4, 0.5) is 11.4 Å². The molecule has 0 saturated carbocycles. The average Bonchev–Trinajstić information content (AvgIpc) is 2.73. The predicted octanol–water partition coefficient (Wildman–Crippen LogP) is 3.41. The monoisotopic (exact) mass is 472 g/mol. The van der Waals surface area contributed by atoms with Crippen LogP contribution in [0.1, 0.15) is 17.3 Å². The van der Waals surface area contributed by atoms with Gasteiger partial charge in [-0.3, -0.25) is 9.10 Å². The van der Waals surface area contributed by atoms with Crippen molar-refractivity contribution >= 4 is 38.9 Å². The van der Waals surface area contributed by atoms with Crippen LogP contribution in [0.3, 0.4) is 0 Å². The van der Waals surface area contributed by atoms with Gasteiger partial charge in [0, 0.05) is 24.7 Å². The Kier molecular flexibility index (Phi) is 7.85. The maximum atomic E-state index is 13.2. The summed E-state index contributed by atoms with van der Waals surface area (Å²) in [5.74, 6) is 0.581. The van der Waals surface area contributed by atoms with Gasteiger partial charge in [-0.25, -0.2) is 8.42 Å².